The number of hydrogen-bond donors (Lipinski definition) is 1. The van der Waals surface area contributed by atoms with Crippen LogP contribution in [0.5, 0.6) is 5.75 Å². The Kier molecular flexibility index (Phi) is 6.50. The molecule has 9 heteroatoms. The molecular weight excluding hydrogens is 424 g/mol. The van der Waals surface area contributed by atoms with Gasteiger partial charge in [-0.3, -0.25) is 19.1 Å². The number of carbonyl (C=O) groups is 2. The fourth-order valence-corrected chi connectivity index (χ4v) is 4.42. The van der Waals surface area contributed by atoms with Crippen LogP contribution in [0.2, 0.25) is 0 Å². The molecule has 4 rings (SSSR count). The van der Waals surface area contributed by atoms with Crippen molar-refractivity contribution in [3.05, 3.63) is 58.6 Å². The highest BCUT2D eigenvalue weighted by molar-refractivity contribution is 5.94. The van der Waals surface area contributed by atoms with E-state index in [1.54, 1.807) is 32.2 Å². The number of hydrogen-bond acceptors (Lipinski definition) is 6. The summed E-state index contributed by atoms with van der Waals surface area (Å²) >= 11 is 0. The van der Waals surface area contributed by atoms with Crippen molar-refractivity contribution in [2.75, 3.05) is 38.6 Å². The Morgan fingerprint density at radius 2 is 1.97 bits per heavy atom. The lowest BCUT2D eigenvalue weighted by atomic mass is 10.0. The summed E-state index contributed by atoms with van der Waals surface area (Å²) in [6, 6.07) is 12.6. The number of benzene rings is 2. The first-order chi connectivity index (χ1) is 15.9. The number of rotatable bonds is 6. The number of piperazine rings is 1. The topological polar surface area (TPSA) is 97.0 Å². The van der Waals surface area contributed by atoms with Crippen LogP contribution in [-0.2, 0) is 16.1 Å². The van der Waals surface area contributed by atoms with E-state index >= 15 is 0 Å². The molecule has 2 aromatic carbocycles. The molecule has 0 spiro atoms. The number of carbonyl (C=O) groups excluding carboxylic acids is 2. The molecule has 1 aliphatic heterocycles. The number of oxazole rings is 1. The Morgan fingerprint density at radius 1 is 1.18 bits per heavy atom. The monoisotopic (exact) mass is 452 g/mol. The summed E-state index contributed by atoms with van der Waals surface area (Å²) in [4.78, 5) is 40.8. The van der Waals surface area contributed by atoms with Gasteiger partial charge in [0.2, 0.25) is 11.8 Å². The van der Waals surface area contributed by atoms with E-state index in [1.165, 1.54) is 4.57 Å². The van der Waals surface area contributed by atoms with Crippen LogP contribution in [0.1, 0.15) is 25.5 Å². The summed E-state index contributed by atoms with van der Waals surface area (Å²) in [5, 5.41) is 2.88. The van der Waals surface area contributed by atoms with Crippen LogP contribution >= 0.6 is 0 Å². The zero-order chi connectivity index (χ0) is 23.5. The van der Waals surface area contributed by atoms with E-state index in [9.17, 15) is 14.4 Å². The highest BCUT2D eigenvalue weighted by Crippen LogP contribution is 2.32. The van der Waals surface area contributed by atoms with Crippen molar-refractivity contribution in [1.82, 2.24) is 14.4 Å². The van der Waals surface area contributed by atoms with Gasteiger partial charge in [-0.1, -0.05) is 18.2 Å². The quantitative estimate of drug-likeness (QED) is 0.617. The number of para-hydroxylation sites is 1. The van der Waals surface area contributed by atoms with Crippen molar-refractivity contribution in [3.63, 3.8) is 0 Å². The third-order valence-corrected chi connectivity index (χ3v) is 6.00. The van der Waals surface area contributed by atoms with Crippen molar-refractivity contribution in [1.29, 1.82) is 0 Å². The molecule has 3 aromatic rings. The fraction of sp³-hybridized carbons (Fsp3) is 0.375. The van der Waals surface area contributed by atoms with Crippen molar-refractivity contribution in [2.45, 2.75) is 26.4 Å². The summed E-state index contributed by atoms with van der Waals surface area (Å²) in [5.74, 6) is 0.112. The molecule has 2 heterocycles. The van der Waals surface area contributed by atoms with E-state index in [4.69, 9.17) is 9.15 Å². The standard InChI is InChI=1S/C24H28N4O5/c1-4-27-19-10-9-17(13-22(19)33-24(27)31)25-23(30)15-26-11-12-28(16(2)29)20(14-26)18-7-5-6-8-21(18)32-3/h5-10,13,20H,4,11-12,14-15H2,1-3H3,(H,25,30)/t20-/m0/s1. The highest BCUT2D eigenvalue weighted by Gasteiger charge is 2.32. The maximum Gasteiger partial charge on any atom is 0.419 e. The molecule has 0 aliphatic carbocycles. The van der Waals surface area contributed by atoms with Gasteiger partial charge in [0.15, 0.2) is 5.58 Å². The average Bonchev–Trinajstić information content (AvgIpc) is 3.12. The summed E-state index contributed by atoms with van der Waals surface area (Å²) in [7, 11) is 1.61. The van der Waals surface area contributed by atoms with Gasteiger partial charge in [-0.2, -0.15) is 0 Å². The lowest BCUT2D eigenvalue weighted by molar-refractivity contribution is -0.134. The molecule has 2 amide bonds. The third kappa shape index (κ3) is 4.63. The number of nitrogens with zero attached hydrogens (tertiary/aromatic N) is 3. The Labute approximate surface area is 191 Å². The zero-order valence-corrected chi connectivity index (χ0v) is 19.0. The number of aromatic nitrogens is 1. The molecule has 1 aliphatic rings. The van der Waals surface area contributed by atoms with Crippen molar-refractivity contribution < 1.29 is 18.7 Å². The Balaban J connectivity index is 1.47. The van der Waals surface area contributed by atoms with Gasteiger partial charge < -0.3 is 19.4 Å². The predicted molar refractivity (Wildman–Crippen MR) is 124 cm³/mol. The molecule has 1 atom stereocenters. The minimum Gasteiger partial charge on any atom is -0.496 e. The first-order valence-corrected chi connectivity index (χ1v) is 11.0. The molecule has 0 saturated carbocycles. The van der Waals surface area contributed by atoms with Gasteiger partial charge in [0.25, 0.3) is 0 Å². The SMILES string of the molecule is CCn1c(=O)oc2cc(NC(=O)CN3CCN(C(C)=O)[C@H](c4ccccc4OC)C3)ccc21. The molecule has 33 heavy (non-hydrogen) atoms. The molecule has 174 valence electrons. The molecular formula is C24H28N4O5. The Morgan fingerprint density at radius 3 is 2.70 bits per heavy atom. The smallest absolute Gasteiger partial charge is 0.419 e. The number of amides is 2. The largest absolute Gasteiger partial charge is 0.496 e. The minimum absolute atomic E-state index is 0.0104. The second kappa shape index (κ2) is 9.50. The van der Waals surface area contributed by atoms with E-state index < -0.39 is 5.76 Å². The van der Waals surface area contributed by atoms with Crippen LogP contribution < -0.4 is 15.8 Å². The number of anilines is 1. The van der Waals surface area contributed by atoms with Gasteiger partial charge in [-0.25, -0.2) is 4.79 Å². The zero-order valence-electron chi connectivity index (χ0n) is 19.0. The van der Waals surface area contributed by atoms with Gasteiger partial charge in [-0.05, 0) is 25.1 Å². The maximum absolute atomic E-state index is 12.8. The molecule has 0 bridgehead atoms. The number of nitrogens with one attached hydrogen (secondary N) is 1. The molecule has 0 unspecified atom stereocenters. The predicted octanol–water partition coefficient (Wildman–Crippen LogP) is 2.47. The summed E-state index contributed by atoms with van der Waals surface area (Å²) in [6.45, 7) is 5.74. The number of ether oxygens (including phenoxy) is 1. The lowest BCUT2D eigenvalue weighted by Crippen LogP contribution is -2.51. The van der Waals surface area contributed by atoms with Gasteiger partial charge >= 0.3 is 5.76 Å². The third-order valence-electron chi connectivity index (χ3n) is 6.00. The van der Waals surface area contributed by atoms with Crippen LogP contribution in [-0.4, -0.2) is 59.5 Å². The van der Waals surface area contributed by atoms with Crippen molar-refractivity contribution >= 4 is 28.6 Å². The van der Waals surface area contributed by atoms with Crippen LogP contribution in [0.4, 0.5) is 5.69 Å². The second-order valence-corrected chi connectivity index (χ2v) is 8.05. The van der Waals surface area contributed by atoms with Gasteiger partial charge in [0, 0.05) is 50.4 Å². The number of methoxy groups -OCH3 is 1. The average molecular weight is 453 g/mol. The molecule has 0 radical (unpaired) electrons. The highest BCUT2D eigenvalue weighted by atomic mass is 16.5. The first kappa shape index (κ1) is 22.6. The maximum atomic E-state index is 12.8. The molecule has 1 fully saturated rings. The van der Waals surface area contributed by atoms with E-state index in [0.29, 0.717) is 48.7 Å². The molecule has 1 saturated heterocycles. The van der Waals surface area contributed by atoms with Gasteiger partial charge in [0.1, 0.15) is 5.75 Å². The van der Waals surface area contributed by atoms with E-state index in [2.05, 4.69) is 5.32 Å². The van der Waals surface area contributed by atoms with Gasteiger partial charge in [-0.15, -0.1) is 0 Å². The molecule has 9 nitrogen and oxygen atoms in total. The fourth-order valence-electron chi connectivity index (χ4n) is 4.42. The van der Waals surface area contributed by atoms with E-state index in [0.717, 1.165) is 5.56 Å². The number of fused-ring (bicyclic) bond motifs is 1. The van der Waals surface area contributed by atoms with Crippen LogP contribution in [0.25, 0.3) is 11.1 Å². The van der Waals surface area contributed by atoms with Gasteiger partial charge in [0.05, 0.1) is 25.2 Å². The van der Waals surface area contributed by atoms with Crippen LogP contribution in [0, 0.1) is 0 Å². The summed E-state index contributed by atoms with van der Waals surface area (Å²) < 4.78 is 12.3. The Hall–Kier alpha value is -3.59. The summed E-state index contributed by atoms with van der Waals surface area (Å²) in [5.41, 5.74) is 2.61. The Bertz CT molecular complexity index is 1230. The van der Waals surface area contributed by atoms with Crippen LogP contribution in [0.3, 0.4) is 0 Å². The van der Waals surface area contributed by atoms with Crippen LogP contribution in [0.15, 0.2) is 51.7 Å². The first-order valence-electron chi connectivity index (χ1n) is 11.0. The van der Waals surface area contributed by atoms with Crippen molar-refractivity contribution in [3.8, 4) is 5.75 Å². The molecule has 1 N–H and O–H groups in total. The normalized spacial score (nSPS) is 16.7. The van der Waals surface area contributed by atoms with E-state index in [1.807, 2.05) is 41.0 Å². The minimum atomic E-state index is -0.415. The number of aryl methyl sites for hydroxylation is 1. The lowest BCUT2D eigenvalue weighted by Gasteiger charge is -2.41. The van der Waals surface area contributed by atoms with E-state index in [-0.39, 0.29) is 24.4 Å². The van der Waals surface area contributed by atoms with Crippen molar-refractivity contribution in [2.24, 2.45) is 0 Å². The summed E-state index contributed by atoms with van der Waals surface area (Å²) in [6.07, 6.45) is 0. The molecule has 1 aromatic heterocycles. The second-order valence-electron chi connectivity index (χ2n) is 8.05.